The Bertz CT molecular complexity index is 564. The molecule has 23 heavy (non-hydrogen) atoms. The summed E-state index contributed by atoms with van der Waals surface area (Å²) in [6.07, 6.45) is 8.25. The zero-order valence-electron chi connectivity index (χ0n) is 13.8. The first-order valence-electron chi connectivity index (χ1n) is 8.84. The van der Waals surface area contributed by atoms with Gasteiger partial charge in [-0.3, -0.25) is 0 Å². The van der Waals surface area contributed by atoms with E-state index >= 15 is 0 Å². The molecule has 124 valence electrons. The van der Waals surface area contributed by atoms with Crippen LogP contribution in [0.5, 0.6) is 5.75 Å². The van der Waals surface area contributed by atoms with Crippen LogP contribution in [-0.2, 0) is 0 Å². The lowest BCUT2D eigenvalue weighted by Gasteiger charge is -2.56. The highest BCUT2D eigenvalue weighted by atomic mass is 16.5. The molecule has 4 fully saturated rings. The lowest BCUT2D eigenvalue weighted by Crippen LogP contribution is -2.51. The third-order valence-electron chi connectivity index (χ3n) is 6.14. The first-order valence-corrected chi connectivity index (χ1v) is 8.84. The summed E-state index contributed by atoms with van der Waals surface area (Å²) < 4.78 is 5.28. The van der Waals surface area contributed by atoms with E-state index in [1.165, 1.54) is 38.5 Å². The number of nitrogens with one attached hydrogen (secondary N) is 2. The van der Waals surface area contributed by atoms with E-state index in [-0.39, 0.29) is 6.03 Å². The van der Waals surface area contributed by atoms with Gasteiger partial charge in [0.05, 0.1) is 12.8 Å². The maximum Gasteiger partial charge on any atom is 0.319 e. The van der Waals surface area contributed by atoms with Crippen molar-refractivity contribution in [2.24, 2.45) is 23.2 Å². The number of benzene rings is 1. The third kappa shape index (κ3) is 2.91. The van der Waals surface area contributed by atoms with Crippen LogP contribution >= 0.6 is 0 Å². The molecule has 4 saturated carbocycles. The first kappa shape index (κ1) is 14.9. The number of amides is 2. The minimum absolute atomic E-state index is 0.120. The summed E-state index contributed by atoms with van der Waals surface area (Å²) in [7, 11) is 1.62. The number of carbonyl (C=O) groups excluding carboxylic acids is 1. The molecule has 0 radical (unpaired) electrons. The summed E-state index contributed by atoms with van der Waals surface area (Å²) in [5, 5.41) is 6.05. The molecule has 4 aliphatic carbocycles. The lowest BCUT2D eigenvalue weighted by atomic mass is 9.49. The van der Waals surface area contributed by atoms with Gasteiger partial charge in [-0.05, 0) is 73.8 Å². The number of para-hydroxylation sites is 2. The Morgan fingerprint density at radius 1 is 1.13 bits per heavy atom. The Kier molecular flexibility index (Phi) is 3.70. The molecule has 4 bridgehead atoms. The van der Waals surface area contributed by atoms with Crippen molar-refractivity contribution in [3.8, 4) is 5.75 Å². The van der Waals surface area contributed by atoms with Crippen LogP contribution in [0.25, 0.3) is 0 Å². The SMILES string of the molecule is COc1ccccc1NC(=O)NCC12CC3CC(CC(C3)C1)C2. The zero-order chi connectivity index (χ0) is 15.9. The van der Waals surface area contributed by atoms with E-state index in [0.29, 0.717) is 11.2 Å². The number of anilines is 1. The third-order valence-corrected chi connectivity index (χ3v) is 6.14. The van der Waals surface area contributed by atoms with E-state index in [4.69, 9.17) is 4.74 Å². The van der Waals surface area contributed by atoms with Crippen LogP contribution in [0.1, 0.15) is 38.5 Å². The van der Waals surface area contributed by atoms with Gasteiger partial charge in [0.25, 0.3) is 0 Å². The fraction of sp³-hybridized carbons (Fsp3) is 0.632. The van der Waals surface area contributed by atoms with Crippen molar-refractivity contribution < 1.29 is 9.53 Å². The summed E-state index contributed by atoms with van der Waals surface area (Å²) in [4.78, 5) is 12.3. The Balaban J connectivity index is 1.37. The van der Waals surface area contributed by atoms with Gasteiger partial charge in [-0.1, -0.05) is 12.1 Å². The minimum atomic E-state index is -0.120. The van der Waals surface area contributed by atoms with Gasteiger partial charge in [0.1, 0.15) is 5.75 Å². The lowest BCUT2D eigenvalue weighted by molar-refractivity contribution is -0.0496. The van der Waals surface area contributed by atoms with E-state index in [9.17, 15) is 4.79 Å². The van der Waals surface area contributed by atoms with Crippen molar-refractivity contribution in [1.82, 2.24) is 5.32 Å². The van der Waals surface area contributed by atoms with E-state index < -0.39 is 0 Å². The maximum absolute atomic E-state index is 12.3. The Morgan fingerprint density at radius 3 is 2.35 bits per heavy atom. The highest BCUT2D eigenvalue weighted by Gasteiger charge is 2.50. The van der Waals surface area contributed by atoms with Crippen molar-refractivity contribution in [2.45, 2.75) is 38.5 Å². The van der Waals surface area contributed by atoms with Crippen molar-refractivity contribution in [3.05, 3.63) is 24.3 Å². The predicted octanol–water partition coefficient (Wildman–Crippen LogP) is 4.03. The van der Waals surface area contributed by atoms with Crippen LogP contribution in [-0.4, -0.2) is 19.7 Å². The van der Waals surface area contributed by atoms with Gasteiger partial charge in [-0.25, -0.2) is 4.79 Å². The average Bonchev–Trinajstić information content (AvgIpc) is 2.52. The molecule has 0 aliphatic heterocycles. The Hall–Kier alpha value is -1.71. The van der Waals surface area contributed by atoms with Crippen molar-refractivity contribution in [2.75, 3.05) is 19.0 Å². The van der Waals surface area contributed by atoms with E-state index in [1.807, 2.05) is 24.3 Å². The van der Waals surface area contributed by atoms with E-state index in [1.54, 1.807) is 7.11 Å². The number of urea groups is 1. The second-order valence-corrected chi connectivity index (χ2v) is 7.93. The van der Waals surface area contributed by atoms with Crippen molar-refractivity contribution in [1.29, 1.82) is 0 Å². The van der Waals surface area contributed by atoms with Gasteiger partial charge >= 0.3 is 6.03 Å². The molecule has 1 aromatic carbocycles. The highest BCUT2D eigenvalue weighted by Crippen LogP contribution is 2.59. The number of rotatable bonds is 4. The van der Waals surface area contributed by atoms with Crippen LogP contribution in [0.3, 0.4) is 0 Å². The molecule has 0 atom stereocenters. The van der Waals surface area contributed by atoms with Gasteiger partial charge < -0.3 is 15.4 Å². The molecule has 0 unspecified atom stereocenters. The van der Waals surface area contributed by atoms with Crippen molar-refractivity contribution in [3.63, 3.8) is 0 Å². The van der Waals surface area contributed by atoms with Crippen LogP contribution in [0.4, 0.5) is 10.5 Å². The monoisotopic (exact) mass is 314 g/mol. The summed E-state index contributed by atoms with van der Waals surface area (Å²) >= 11 is 0. The molecule has 0 aromatic heterocycles. The molecule has 0 saturated heterocycles. The second kappa shape index (κ2) is 5.73. The van der Waals surface area contributed by atoms with Gasteiger partial charge in [0.2, 0.25) is 0 Å². The number of methoxy groups -OCH3 is 1. The standard InChI is InChI=1S/C19H26N2O2/c1-23-17-5-3-2-4-16(17)21-18(22)20-12-19-9-13-6-14(10-19)8-15(7-13)11-19/h2-5,13-15H,6-12H2,1H3,(H2,20,21,22). The largest absolute Gasteiger partial charge is 0.495 e. The quantitative estimate of drug-likeness (QED) is 0.881. The predicted molar refractivity (Wildman–Crippen MR) is 90.6 cm³/mol. The van der Waals surface area contributed by atoms with Gasteiger partial charge in [0.15, 0.2) is 0 Å². The van der Waals surface area contributed by atoms with Gasteiger partial charge in [-0.15, -0.1) is 0 Å². The van der Waals surface area contributed by atoms with Gasteiger partial charge in [-0.2, -0.15) is 0 Å². The topological polar surface area (TPSA) is 50.4 Å². The average molecular weight is 314 g/mol. The van der Waals surface area contributed by atoms with E-state index in [2.05, 4.69) is 10.6 Å². The first-order chi connectivity index (χ1) is 11.2. The second-order valence-electron chi connectivity index (χ2n) is 7.93. The van der Waals surface area contributed by atoms with Crippen LogP contribution in [0, 0.1) is 23.2 Å². The molecule has 0 spiro atoms. The van der Waals surface area contributed by atoms with Crippen molar-refractivity contribution >= 4 is 11.7 Å². The number of ether oxygens (including phenoxy) is 1. The zero-order valence-corrected chi connectivity index (χ0v) is 13.8. The molecule has 4 nitrogen and oxygen atoms in total. The summed E-state index contributed by atoms with van der Waals surface area (Å²) in [5.74, 6) is 3.44. The van der Waals surface area contributed by atoms with Crippen LogP contribution < -0.4 is 15.4 Å². The van der Waals surface area contributed by atoms with Gasteiger partial charge in [0, 0.05) is 6.54 Å². The summed E-state index contributed by atoms with van der Waals surface area (Å²) in [5.41, 5.74) is 1.09. The minimum Gasteiger partial charge on any atom is -0.495 e. The number of carbonyl (C=O) groups is 1. The molecule has 2 amide bonds. The number of hydrogen-bond acceptors (Lipinski definition) is 2. The highest BCUT2D eigenvalue weighted by molar-refractivity contribution is 5.90. The molecule has 4 heteroatoms. The maximum atomic E-state index is 12.3. The number of hydrogen-bond donors (Lipinski definition) is 2. The van der Waals surface area contributed by atoms with Crippen LogP contribution in [0.2, 0.25) is 0 Å². The molecular formula is C19H26N2O2. The normalized spacial score (nSPS) is 34.2. The molecule has 1 aromatic rings. The Labute approximate surface area is 138 Å². The molecule has 2 N–H and O–H groups in total. The molecule has 5 rings (SSSR count). The van der Waals surface area contributed by atoms with E-state index in [0.717, 1.165) is 30.0 Å². The molecule has 4 aliphatic rings. The van der Waals surface area contributed by atoms with Crippen LogP contribution in [0.15, 0.2) is 24.3 Å². The summed E-state index contributed by atoms with van der Waals surface area (Å²) in [6.45, 7) is 0.817. The fourth-order valence-electron chi connectivity index (χ4n) is 5.69. The fourth-order valence-corrected chi connectivity index (χ4v) is 5.69. The smallest absolute Gasteiger partial charge is 0.319 e. The Morgan fingerprint density at radius 2 is 1.74 bits per heavy atom. The molecule has 0 heterocycles. The summed E-state index contributed by atoms with van der Waals surface area (Å²) in [6, 6.07) is 7.40. The molecular weight excluding hydrogens is 288 g/mol.